The van der Waals surface area contributed by atoms with Crippen LogP contribution in [-0.4, -0.2) is 12.9 Å². The van der Waals surface area contributed by atoms with Crippen molar-refractivity contribution in [3.8, 4) is 5.75 Å². The van der Waals surface area contributed by atoms with Gasteiger partial charge in [-0.3, -0.25) is 4.99 Å². The lowest BCUT2D eigenvalue weighted by molar-refractivity contribution is 0.407. The van der Waals surface area contributed by atoms with Crippen molar-refractivity contribution < 1.29 is 4.74 Å². The number of fused-ring (bicyclic) bond motifs is 1. The summed E-state index contributed by atoms with van der Waals surface area (Å²) in [5.74, 6) is 1.48. The molecule has 1 unspecified atom stereocenters. The molecule has 0 aromatic heterocycles. The number of nitrogens with two attached hydrogens (primary N) is 1. The maximum atomic E-state index is 6.09. The Morgan fingerprint density at radius 3 is 2.63 bits per heavy atom. The number of aliphatic imine (C=N–C) groups is 1. The van der Waals surface area contributed by atoms with E-state index in [1.54, 1.807) is 7.11 Å². The fourth-order valence-corrected chi connectivity index (χ4v) is 2.55. The average molecular weight is 252 g/mol. The van der Waals surface area contributed by atoms with Gasteiger partial charge in [0.25, 0.3) is 0 Å². The van der Waals surface area contributed by atoms with Crippen molar-refractivity contribution in [3.05, 3.63) is 65.2 Å². The van der Waals surface area contributed by atoms with Crippen LogP contribution in [0.1, 0.15) is 22.7 Å². The Bertz CT molecular complexity index is 620. The summed E-state index contributed by atoms with van der Waals surface area (Å²) in [6.07, 6.45) is 0.823. The normalized spacial score (nSPS) is 17.5. The fraction of sp³-hybridized carbons (Fsp3) is 0.188. The highest BCUT2D eigenvalue weighted by Gasteiger charge is 2.23. The third-order valence-electron chi connectivity index (χ3n) is 3.51. The first-order valence-corrected chi connectivity index (χ1v) is 6.34. The van der Waals surface area contributed by atoms with E-state index in [1.807, 2.05) is 36.4 Å². The number of ether oxygens (including phenoxy) is 1. The molecule has 3 heteroatoms. The zero-order valence-corrected chi connectivity index (χ0v) is 10.8. The molecule has 3 nitrogen and oxygen atoms in total. The van der Waals surface area contributed by atoms with Gasteiger partial charge in [0.15, 0.2) is 0 Å². The van der Waals surface area contributed by atoms with Gasteiger partial charge in [-0.2, -0.15) is 0 Å². The van der Waals surface area contributed by atoms with Crippen molar-refractivity contribution in [2.75, 3.05) is 7.11 Å². The number of amidine groups is 1. The summed E-state index contributed by atoms with van der Waals surface area (Å²) < 4.78 is 5.43. The van der Waals surface area contributed by atoms with Crippen LogP contribution in [-0.2, 0) is 6.42 Å². The average Bonchev–Trinajstić information content (AvgIpc) is 2.47. The van der Waals surface area contributed by atoms with Gasteiger partial charge in [0.1, 0.15) is 11.6 Å². The molecule has 0 bridgehead atoms. The SMILES string of the molecule is COc1cccc2c1CC(c1ccccc1)N=C2N. The molecule has 1 aliphatic rings. The van der Waals surface area contributed by atoms with Crippen LogP contribution in [0.15, 0.2) is 53.5 Å². The van der Waals surface area contributed by atoms with E-state index in [9.17, 15) is 0 Å². The fourth-order valence-electron chi connectivity index (χ4n) is 2.55. The van der Waals surface area contributed by atoms with E-state index in [0.717, 1.165) is 23.3 Å². The quantitative estimate of drug-likeness (QED) is 0.893. The van der Waals surface area contributed by atoms with Gasteiger partial charge in [-0.1, -0.05) is 42.5 Å². The number of methoxy groups -OCH3 is 1. The Labute approximate surface area is 112 Å². The summed E-state index contributed by atoms with van der Waals surface area (Å²) in [6, 6.07) is 16.2. The smallest absolute Gasteiger partial charge is 0.126 e. The molecule has 0 fully saturated rings. The van der Waals surface area contributed by atoms with Gasteiger partial charge < -0.3 is 10.5 Å². The highest BCUT2D eigenvalue weighted by Crippen LogP contribution is 2.33. The number of rotatable bonds is 2. The van der Waals surface area contributed by atoms with Crippen LogP contribution < -0.4 is 10.5 Å². The molecular formula is C16H16N2O. The van der Waals surface area contributed by atoms with Gasteiger partial charge in [-0.15, -0.1) is 0 Å². The molecule has 0 aliphatic carbocycles. The van der Waals surface area contributed by atoms with E-state index < -0.39 is 0 Å². The van der Waals surface area contributed by atoms with Crippen LogP contribution in [0.5, 0.6) is 5.75 Å². The molecule has 1 atom stereocenters. The van der Waals surface area contributed by atoms with Crippen LogP contribution in [0.2, 0.25) is 0 Å². The van der Waals surface area contributed by atoms with Gasteiger partial charge in [-0.05, 0) is 11.6 Å². The lowest BCUT2D eigenvalue weighted by Crippen LogP contribution is -2.23. The highest BCUT2D eigenvalue weighted by molar-refractivity contribution is 6.00. The molecule has 2 N–H and O–H groups in total. The van der Waals surface area contributed by atoms with Crippen LogP contribution in [0.3, 0.4) is 0 Å². The van der Waals surface area contributed by atoms with Gasteiger partial charge in [0, 0.05) is 17.5 Å². The first-order valence-electron chi connectivity index (χ1n) is 6.34. The van der Waals surface area contributed by atoms with Crippen LogP contribution >= 0.6 is 0 Å². The van der Waals surface area contributed by atoms with Crippen molar-refractivity contribution in [2.24, 2.45) is 10.7 Å². The van der Waals surface area contributed by atoms with Gasteiger partial charge >= 0.3 is 0 Å². The van der Waals surface area contributed by atoms with Crippen molar-refractivity contribution in [3.63, 3.8) is 0 Å². The zero-order chi connectivity index (χ0) is 13.2. The maximum absolute atomic E-state index is 6.09. The predicted octanol–water partition coefficient (Wildman–Crippen LogP) is 2.70. The second-order valence-corrected chi connectivity index (χ2v) is 4.63. The Morgan fingerprint density at radius 2 is 1.89 bits per heavy atom. The van der Waals surface area contributed by atoms with Gasteiger partial charge in [-0.25, -0.2) is 0 Å². The van der Waals surface area contributed by atoms with Crippen molar-refractivity contribution in [1.82, 2.24) is 0 Å². The van der Waals surface area contributed by atoms with E-state index in [0.29, 0.717) is 5.84 Å². The molecule has 0 radical (unpaired) electrons. The van der Waals surface area contributed by atoms with E-state index in [2.05, 4.69) is 17.1 Å². The maximum Gasteiger partial charge on any atom is 0.126 e. The molecule has 0 saturated carbocycles. The van der Waals surface area contributed by atoms with Crippen molar-refractivity contribution in [2.45, 2.75) is 12.5 Å². The molecule has 3 rings (SSSR count). The Morgan fingerprint density at radius 1 is 1.11 bits per heavy atom. The van der Waals surface area contributed by atoms with E-state index >= 15 is 0 Å². The monoisotopic (exact) mass is 252 g/mol. The summed E-state index contributed by atoms with van der Waals surface area (Å²) in [5, 5.41) is 0. The summed E-state index contributed by atoms with van der Waals surface area (Å²) in [6.45, 7) is 0. The van der Waals surface area contributed by atoms with E-state index in [1.165, 1.54) is 5.56 Å². The molecule has 2 aromatic rings. The molecule has 0 saturated heterocycles. The molecule has 96 valence electrons. The topological polar surface area (TPSA) is 47.6 Å². The van der Waals surface area contributed by atoms with Gasteiger partial charge in [0.2, 0.25) is 0 Å². The third kappa shape index (κ3) is 2.08. The van der Waals surface area contributed by atoms with Crippen LogP contribution in [0.25, 0.3) is 0 Å². The largest absolute Gasteiger partial charge is 0.496 e. The van der Waals surface area contributed by atoms with E-state index in [-0.39, 0.29) is 6.04 Å². The lowest BCUT2D eigenvalue weighted by atomic mass is 9.92. The van der Waals surface area contributed by atoms with Crippen LogP contribution in [0, 0.1) is 0 Å². The molecule has 0 spiro atoms. The molecule has 2 aromatic carbocycles. The number of nitrogens with zero attached hydrogens (tertiary/aromatic N) is 1. The lowest BCUT2D eigenvalue weighted by Gasteiger charge is -2.23. The van der Waals surface area contributed by atoms with E-state index in [4.69, 9.17) is 10.5 Å². The first kappa shape index (κ1) is 11.8. The Kier molecular flexibility index (Phi) is 2.95. The standard InChI is InChI=1S/C16H16N2O/c1-19-15-9-5-8-12-13(15)10-14(18-16(12)17)11-6-3-2-4-7-11/h2-9,14H,10H2,1H3,(H2,17,18). The Balaban J connectivity index is 2.05. The molecule has 1 aliphatic heterocycles. The summed E-state index contributed by atoms with van der Waals surface area (Å²) in [7, 11) is 1.69. The minimum Gasteiger partial charge on any atom is -0.496 e. The Hall–Kier alpha value is -2.29. The number of hydrogen-bond acceptors (Lipinski definition) is 3. The molecule has 0 amide bonds. The second-order valence-electron chi connectivity index (χ2n) is 4.63. The molecule has 19 heavy (non-hydrogen) atoms. The number of hydrogen-bond donors (Lipinski definition) is 1. The molecule has 1 heterocycles. The predicted molar refractivity (Wildman–Crippen MR) is 76.6 cm³/mol. The summed E-state index contributed by atoms with van der Waals surface area (Å²) in [5.41, 5.74) is 9.41. The van der Waals surface area contributed by atoms with Crippen molar-refractivity contribution >= 4 is 5.84 Å². The van der Waals surface area contributed by atoms with Gasteiger partial charge in [0.05, 0.1) is 13.2 Å². The number of benzene rings is 2. The summed E-state index contributed by atoms with van der Waals surface area (Å²) >= 11 is 0. The zero-order valence-electron chi connectivity index (χ0n) is 10.8. The van der Waals surface area contributed by atoms with Crippen molar-refractivity contribution in [1.29, 1.82) is 0 Å². The first-order chi connectivity index (χ1) is 9.29. The highest BCUT2D eigenvalue weighted by atomic mass is 16.5. The van der Waals surface area contributed by atoms with Crippen LogP contribution in [0.4, 0.5) is 0 Å². The third-order valence-corrected chi connectivity index (χ3v) is 3.51. The summed E-state index contributed by atoms with van der Waals surface area (Å²) in [4.78, 5) is 4.61. The second kappa shape index (κ2) is 4.76. The minimum atomic E-state index is 0.0741. The molecular weight excluding hydrogens is 236 g/mol. The minimum absolute atomic E-state index is 0.0741.